The summed E-state index contributed by atoms with van der Waals surface area (Å²) < 4.78 is 37.0. The SMILES string of the molecule is CC(=O)N1CCN(CCC(F)(F)F)C[C@@H](C(=O)N(C)C)C1. The van der Waals surface area contributed by atoms with Gasteiger partial charge in [-0.15, -0.1) is 0 Å². The van der Waals surface area contributed by atoms with E-state index in [1.807, 2.05) is 0 Å². The normalized spacial score (nSPS) is 21.0. The van der Waals surface area contributed by atoms with Gasteiger partial charge in [-0.3, -0.25) is 9.59 Å². The van der Waals surface area contributed by atoms with Gasteiger partial charge in [-0.25, -0.2) is 0 Å². The fourth-order valence-electron chi connectivity index (χ4n) is 2.38. The van der Waals surface area contributed by atoms with Crippen molar-refractivity contribution in [3.05, 3.63) is 0 Å². The highest BCUT2D eigenvalue weighted by atomic mass is 19.4. The van der Waals surface area contributed by atoms with Crippen LogP contribution in [-0.4, -0.2) is 79.5 Å². The van der Waals surface area contributed by atoms with Crippen LogP contribution in [0, 0.1) is 5.92 Å². The largest absolute Gasteiger partial charge is 0.390 e. The first-order valence-electron chi connectivity index (χ1n) is 6.86. The quantitative estimate of drug-likeness (QED) is 0.775. The summed E-state index contributed by atoms with van der Waals surface area (Å²) in [7, 11) is 3.21. The molecule has 0 spiro atoms. The number of carbonyl (C=O) groups excluding carboxylic acids is 2. The Kier molecular flexibility index (Phi) is 6.00. The van der Waals surface area contributed by atoms with E-state index in [-0.39, 0.29) is 31.4 Å². The first-order valence-corrected chi connectivity index (χ1v) is 6.86. The molecule has 1 atom stereocenters. The molecule has 5 nitrogen and oxygen atoms in total. The van der Waals surface area contributed by atoms with Crippen molar-refractivity contribution in [3.8, 4) is 0 Å². The average molecular weight is 309 g/mol. The number of carbonyl (C=O) groups is 2. The van der Waals surface area contributed by atoms with Crippen LogP contribution in [0.4, 0.5) is 13.2 Å². The zero-order valence-electron chi connectivity index (χ0n) is 12.6. The van der Waals surface area contributed by atoms with Crippen molar-refractivity contribution in [2.24, 2.45) is 5.92 Å². The Morgan fingerprint density at radius 2 is 1.81 bits per heavy atom. The van der Waals surface area contributed by atoms with E-state index in [1.165, 1.54) is 16.7 Å². The predicted molar refractivity (Wildman–Crippen MR) is 71.6 cm³/mol. The van der Waals surface area contributed by atoms with Crippen molar-refractivity contribution in [1.82, 2.24) is 14.7 Å². The third kappa shape index (κ3) is 5.91. The number of hydrogen-bond donors (Lipinski definition) is 0. The van der Waals surface area contributed by atoms with Gasteiger partial charge in [-0.05, 0) is 0 Å². The molecule has 1 heterocycles. The summed E-state index contributed by atoms with van der Waals surface area (Å²) in [6, 6.07) is 0. The summed E-state index contributed by atoms with van der Waals surface area (Å²) in [4.78, 5) is 28.2. The predicted octanol–water partition coefficient (Wildman–Crippen LogP) is 0.807. The van der Waals surface area contributed by atoms with Gasteiger partial charge in [0.25, 0.3) is 0 Å². The fraction of sp³-hybridized carbons (Fsp3) is 0.846. The number of amides is 2. The molecule has 0 radical (unpaired) electrons. The first kappa shape index (κ1) is 17.7. The molecule has 0 saturated carbocycles. The second-order valence-electron chi connectivity index (χ2n) is 5.56. The second kappa shape index (κ2) is 7.11. The summed E-state index contributed by atoms with van der Waals surface area (Å²) >= 11 is 0. The molecule has 0 N–H and O–H groups in total. The lowest BCUT2D eigenvalue weighted by molar-refractivity contribution is -0.139. The van der Waals surface area contributed by atoms with Gasteiger partial charge in [0.2, 0.25) is 11.8 Å². The topological polar surface area (TPSA) is 43.9 Å². The molecule has 2 amide bonds. The Morgan fingerprint density at radius 1 is 1.19 bits per heavy atom. The zero-order chi connectivity index (χ0) is 16.2. The highest BCUT2D eigenvalue weighted by Gasteiger charge is 2.32. The van der Waals surface area contributed by atoms with E-state index in [0.717, 1.165) is 0 Å². The molecular weight excluding hydrogens is 287 g/mol. The molecule has 0 aromatic rings. The molecule has 8 heteroatoms. The monoisotopic (exact) mass is 309 g/mol. The van der Waals surface area contributed by atoms with E-state index in [2.05, 4.69) is 0 Å². The van der Waals surface area contributed by atoms with Gasteiger partial charge in [0.1, 0.15) is 0 Å². The van der Waals surface area contributed by atoms with Crippen LogP contribution in [0.15, 0.2) is 0 Å². The number of alkyl halides is 3. The van der Waals surface area contributed by atoms with Crippen LogP contribution in [0.25, 0.3) is 0 Å². The van der Waals surface area contributed by atoms with E-state index in [4.69, 9.17) is 0 Å². The average Bonchev–Trinajstić information content (AvgIpc) is 2.57. The number of hydrogen-bond acceptors (Lipinski definition) is 3. The maximum absolute atomic E-state index is 12.3. The molecule has 0 aromatic heterocycles. The van der Waals surface area contributed by atoms with E-state index in [0.29, 0.717) is 13.1 Å². The molecule has 1 saturated heterocycles. The summed E-state index contributed by atoms with van der Waals surface area (Å²) in [5.74, 6) is -0.816. The highest BCUT2D eigenvalue weighted by molar-refractivity contribution is 5.80. The molecule has 1 aliphatic rings. The van der Waals surface area contributed by atoms with Crippen molar-refractivity contribution in [1.29, 1.82) is 0 Å². The van der Waals surface area contributed by atoms with Gasteiger partial charge >= 0.3 is 6.18 Å². The van der Waals surface area contributed by atoms with Gasteiger partial charge in [-0.1, -0.05) is 0 Å². The van der Waals surface area contributed by atoms with Crippen molar-refractivity contribution in [3.63, 3.8) is 0 Å². The Morgan fingerprint density at radius 3 is 2.29 bits per heavy atom. The van der Waals surface area contributed by atoms with Crippen LogP contribution in [0.1, 0.15) is 13.3 Å². The molecule has 1 fully saturated rings. The molecule has 122 valence electrons. The lowest BCUT2D eigenvalue weighted by atomic mass is 10.1. The zero-order valence-corrected chi connectivity index (χ0v) is 12.6. The van der Waals surface area contributed by atoms with E-state index in [1.54, 1.807) is 19.0 Å². The number of halogens is 3. The van der Waals surface area contributed by atoms with Crippen LogP contribution in [-0.2, 0) is 9.59 Å². The van der Waals surface area contributed by atoms with Crippen molar-refractivity contribution in [2.45, 2.75) is 19.5 Å². The first-order chi connectivity index (χ1) is 9.60. The van der Waals surface area contributed by atoms with E-state index in [9.17, 15) is 22.8 Å². The van der Waals surface area contributed by atoms with Crippen molar-refractivity contribution >= 4 is 11.8 Å². The summed E-state index contributed by atoms with van der Waals surface area (Å²) in [5.41, 5.74) is 0. The smallest absolute Gasteiger partial charge is 0.348 e. The van der Waals surface area contributed by atoms with Gasteiger partial charge in [0, 0.05) is 53.7 Å². The maximum Gasteiger partial charge on any atom is 0.390 e. The minimum atomic E-state index is -4.21. The minimum absolute atomic E-state index is 0.146. The van der Waals surface area contributed by atoms with E-state index >= 15 is 0 Å². The molecule has 1 rings (SSSR count). The Bertz CT molecular complexity index is 385. The third-order valence-corrected chi connectivity index (χ3v) is 3.55. The molecule has 0 aromatic carbocycles. The lowest BCUT2D eigenvalue weighted by Gasteiger charge is -2.25. The Labute approximate surface area is 122 Å². The molecule has 0 aliphatic carbocycles. The third-order valence-electron chi connectivity index (χ3n) is 3.55. The van der Waals surface area contributed by atoms with Crippen molar-refractivity contribution < 1.29 is 22.8 Å². The van der Waals surface area contributed by atoms with Crippen LogP contribution in [0.5, 0.6) is 0 Å². The minimum Gasteiger partial charge on any atom is -0.348 e. The molecular formula is C13H22F3N3O2. The maximum atomic E-state index is 12.3. The highest BCUT2D eigenvalue weighted by Crippen LogP contribution is 2.21. The summed E-state index contributed by atoms with van der Waals surface area (Å²) in [5, 5.41) is 0. The number of nitrogens with zero attached hydrogens (tertiary/aromatic N) is 3. The fourth-order valence-corrected chi connectivity index (χ4v) is 2.38. The van der Waals surface area contributed by atoms with Crippen LogP contribution >= 0.6 is 0 Å². The van der Waals surface area contributed by atoms with Gasteiger partial charge in [0.05, 0.1) is 12.3 Å². The van der Waals surface area contributed by atoms with Gasteiger partial charge in [-0.2, -0.15) is 13.2 Å². The van der Waals surface area contributed by atoms with Crippen LogP contribution in [0.3, 0.4) is 0 Å². The van der Waals surface area contributed by atoms with Gasteiger partial charge < -0.3 is 14.7 Å². The lowest BCUT2D eigenvalue weighted by Crippen LogP contribution is -2.42. The number of rotatable bonds is 3. The molecule has 1 aliphatic heterocycles. The summed E-state index contributed by atoms with van der Waals surface area (Å²) in [6.07, 6.45) is -5.12. The molecule has 0 unspecified atom stereocenters. The molecule has 21 heavy (non-hydrogen) atoms. The second-order valence-corrected chi connectivity index (χ2v) is 5.56. The molecule has 0 bridgehead atoms. The van der Waals surface area contributed by atoms with Gasteiger partial charge in [0.15, 0.2) is 0 Å². The van der Waals surface area contributed by atoms with Crippen LogP contribution < -0.4 is 0 Å². The summed E-state index contributed by atoms with van der Waals surface area (Å²) in [6.45, 7) is 2.47. The Hall–Kier alpha value is -1.31. The van der Waals surface area contributed by atoms with Crippen LogP contribution in [0.2, 0.25) is 0 Å². The Balaban J connectivity index is 2.75. The van der Waals surface area contributed by atoms with Crippen molar-refractivity contribution in [2.75, 3.05) is 46.8 Å². The standard InChI is InChI=1S/C13H22F3N3O2/c1-10(20)19-7-6-18(5-4-13(14,15)16)8-11(9-19)12(21)17(2)3/h11H,4-9H2,1-3H3/t11-/m1/s1. The van der Waals surface area contributed by atoms with E-state index < -0.39 is 18.5 Å².